The van der Waals surface area contributed by atoms with E-state index < -0.39 is 0 Å². The van der Waals surface area contributed by atoms with Gasteiger partial charge < -0.3 is 4.90 Å². The number of hydrogen-bond donors (Lipinski definition) is 0. The van der Waals surface area contributed by atoms with Crippen LogP contribution in [-0.2, 0) is 6.54 Å². The van der Waals surface area contributed by atoms with Crippen molar-refractivity contribution in [3.8, 4) is 0 Å². The monoisotopic (exact) mass is 322 g/mol. The molecule has 4 heteroatoms. The van der Waals surface area contributed by atoms with Crippen LogP contribution in [-0.4, -0.2) is 40.0 Å². The molecule has 126 valence electrons. The van der Waals surface area contributed by atoms with Crippen LogP contribution in [0.3, 0.4) is 0 Å². The number of benzene rings is 1. The number of aryl methyl sites for hydroxylation is 1. The highest BCUT2D eigenvalue weighted by Crippen LogP contribution is 2.39. The first-order chi connectivity index (χ1) is 11.7. The van der Waals surface area contributed by atoms with Gasteiger partial charge in [-0.15, -0.1) is 0 Å². The lowest BCUT2D eigenvalue weighted by atomic mass is 9.95. The average Bonchev–Trinajstić information content (AvgIpc) is 2.83. The third-order valence-electron chi connectivity index (χ3n) is 5.77. The van der Waals surface area contributed by atoms with E-state index in [1.807, 2.05) is 6.92 Å². The van der Waals surface area contributed by atoms with Crippen molar-refractivity contribution < 1.29 is 0 Å². The number of anilines is 1. The molecule has 2 unspecified atom stereocenters. The molecular formula is C20H26N4. The van der Waals surface area contributed by atoms with Crippen molar-refractivity contribution in [1.29, 1.82) is 0 Å². The first-order valence-corrected chi connectivity index (χ1v) is 9.02. The second-order valence-electron chi connectivity index (χ2n) is 7.30. The zero-order chi connectivity index (χ0) is 16.5. The molecule has 0 saturated carbocycles. The van der Waals surface area contributed by atoms with Gasteiger partial charge in [-0.2, -0.15) is 0 Å². The van der Waals surface area contributed by atoms with E-state index >= 15 is 0 Å². The molecule has 2 aliphatic heterocycles. The largest absolute Gasteiger partial charge is 0.356 e. The fraction of sp³-hybridized carbons (Fsp3) is 0.500. The molecule has 2 saturated heterocycles. The predicted molar refractivity (Wildman–Crippen MR) is 97.0 cm³/mol. The van der Waals surface area contributed by atoms with Gasteiger partial charge in [-0.25, -0.2) is 9.97 Å². The molecule has 2 aliphatic rings. The second-order valence-corrected chi connectivity index (χ2v) is 7.30. The fourth-order valence-electron chi connectivity index (χ4n) is 4.43. The molecule has 0 aliphatic carbocycles. The second kappa shape index (κ2) is 6.52. The lowest BCUT2D eigenvalue weighted by molar-refractivity contribution is 0.118. The summed E-state index contributed by atoms with van der Waals surface area (Å²) in [6.07, 6.45) is 6.83. The average molecular weight is 322 g/mol. The summed E-state index contributed by atoms with van der Waals surface area (Å²) in [5, 5.41) is 0. The Balaban J connectivity index is 1.46. The van der Waals surface area contributed by atoms with E-state index in [2.05, 4.69) is 63.2 Å². The molecule has 2 atom stereocenters. The van der Waals surface area contributed by atoms with Crippen molar-refractivity contribution in [2.45, 2.75) is 57.3 Å². The van der Waals surface area contributed by atoms with E-state index in [4.69, 9.17) is 0 Å². The van der Waals surface area contributed by atoms with E-state index in [1.165, 1.54) is 31.2 Å². The van der Waals surface area contributed by atoms with Gasteiger partial charge in [0.25, 0.3) is 0 Å². The lowest BCUT2D eigenvalue weighted by Crippen LogP contribution is -2.49. The van der Waals surface area contributed by atoms with Crippen LogP contribution < -0.4 is 4.90 Å². The molecule has 0 spiro atoms. The Kier molecular flexibility index (Phi) is 4.23. The Bertz CT molecular complexity index is 673. The molecule has 0 N–H and O–H groups in total. The molecule has 0 radical (unpaired) electrons. The van der Waals surface area contributed by atoms with Crippen LogP contribution in [0.4, 0.5) is 5.82 Å². The van der Waals surface area contributed by atoms with E-state index in [-0.39, 0.29) is 0 Å². The molecule has 24 heavy (non-hydrogen) atoms. The Morgan fingerprint density at radius 3 is 2.46 bits per heavy atom. The first-order valence-electron chi connectivity index (χ1n) is 9.02. The summed E-state index contributed by atoms with van der Waals surface area (Å²) in [4.78, 5) is 13.8. The van der Waals surface area contributed by atoms with Gasteiger partial charge in [0.1, 0.15) is 12.1 Å². The van der Waals surface area contributed by atoms with Crippen LogP contribution >= 0.6 is 0 Å². The third kappa shape index (κ3) is 3.03. The number of nitrogens with zero attached hydrogens (tertiary/aromatic N) is 4. The molecule has 4 nitrogen and oxygen atoms in total. The minimum absolute atomic E-state index is 0.587. The molecule has 4 rings (SSSR count). The smallest absolute Gasteiger partial charge is 0.132 e. The quantitative estimate of drug-likeness (QED) is 0.863. The van der Waals surface area contributed by atoms with Gasteiger partial charge in [0, 0.05) is 43.5 Å². The number of aromatic nitrogens is 2. The van der Waals surface area contributed by atoms with Crippen molar-refractivity contribution in [2.24, 2.45) is 0 Å². The highest BCUT2D eigenvalue weighted by Gasteiger charge is 2.41. The summed E-state index contributed by atoms with van der Waals surface area (Å²) in [5.41, 5.74) is 2.48. The third-order valence-corrected chi connectivity index (χ3v) is 5.77. The van der Waals surface area contributed by atoms with Crippen molar-refractivity contribution in [3.63, 3.8) is 0 Å². The maximum atomic E-state index is 4.47. The predicted octanol–water partition coefficient (Wildman–Crippen LogP) is 3.42. The van der Waals surface area contributed by atoms with Crippen molar-refractivity contribution in [1.82, 2.24) is 14.9 Å². The van der Waals surface area contributed by atoms with Crippen LogP contribution in [0, 0.1) is 6.92 Å². The van der Waals surface area contributed by atoms with Crippen LogP contribution in [0.2, 0.25) is 0 Å². The van der Waals surface area contributed by atoms with Crippen molar-refractivity contribution in [2.75, 3.05) is 11.9 Å². The molecule has 0 amide bonds. The van der Waals surface area contributed by atoms with Gasteiger partial charge in [-0.3, -0.25) is 4.90 Å². The van der Waals surface area contributed by atoms with Crippen molar-refractivity contribution >= 4 is 5.82 Å². The normalized spacial score (nSPS) is 26.5. The molecule has 2 aromatic rings. The van der Waals surface area contributed by atoms with E-state index in [0.29, 0.717) is 18.1 Å². The first kappa shape index (κ1) is 15.6. The molecular weight excluding hydrogens is 296 g/mol. The van der Waals surface area contributed by atoms with Gasteiger partial charge in [-0.1, -0.05) is 30.3 Å². The maximum absolute atomic E-state index is 4.47. The molecule has 2 fully saturated rings. The zero-order valence-corrected chi connectivity index (χ0v) is 14.6. The number of fused-ring (bicyclic) bond motifs is 2. The number of rotatable bonds is 4. The van der Waals surface area contributed by atoms with Crippen LogP contribution in [0.5, 0.6) is 0 Å². The molecule has 3 heterocycles. The standard InChI is InChI=1S/C20H26N4/c1-15-10-20(22-14-21-15)23(2)19-11-17-8-9-18(12-19)24(17)13-16-6-4-3-5-7-16/h3-7,10,14,17-19H,8-9,11-13H2,1-2H3. The Labute approximate surface area is 144 Å². The minimum atomic E-state index is 0.587. The van der Waals surface area contributed by atoms with E-state index in [0.717, 1.165) is 18.1 Å². The van der Waals surface area contributed by atoms with Gasteiger partial charge in [-0.05, 0) is 38.2 Å². The van der Waals surface area contributed by atoms with E-state index in [1.54, 1.807) is 6.33 Å². The highest BCUT2D eigenvalue weighted by atomic mass is 15.3. The summed E-state index contributed by atoms with van der Waals surface area (Å²) in [7, 11) is 2.19. The number of piperidine rings is 1. The van der Waals surface area contributed by atoms with Crippen LogP contribution in [0.1, 0.15) is 36.9 Å². The Morgan fingerprint density at radius 1 is 1.08 bits per heavy atom. The van der Waals surface area contributed by atoms with Crippen molar-refractivity contribution in [3.05, 3.63) is 54.0 Å². The Morgan fingerprint density at radius 2 is 1.79 bits per heavy atom. The van der Waals surface area contributed by atoms with Gasteiger partial charge in [0.15, 0.2) is 0 Å². The van der Waals surface area contributed by atoms with Gasteiger partial charge in [0.05, 0.1) is 0 Å². The van der Waals surface area contributed by atoms with Gasteiger partial charge >= 0.3 is 0 Å². The Hall–Kier alpha value is -1.94. The fourth-order valence-corrected chi connectivity index (χ4v) is 4.43. The summed E-state index contributed by atoms with van der Waals surface area (Å²) < 4.78 is 0. The summed E-state index contributed by atoms with van der Waals surface area (Å²) in [6, 6.07) is 15.0. The van der Waals surface area contributed by atoms with E-state index in [9.17, 15) is 0 Å². The molecule has 1 aromatic heterocycles. The highest BCUT2D eigenvalue weighted by molar-refractivity contribution is 5.39. The zero-order valence-electron chi connectivity index (χ0n) is 14.6. The summed E-state index contributed by atoms with van der Waals surface area (Å²) in [5.74, 6) is 1.06. The summed E-state index contributed by atoms with van der Waals surface area (Å²) >= 11 is 0. The number of hydrogen-bond acceptors (Lipinski definition) is 4. The topological polar surface area (TPSA) is 32.3 Å². The maximum Gasteiger partial charge on any atom is 0.132 e. The van der Waals surface area contributed by atoms with Crippen LogP contribution in [0.15, 0.2) is 42.7 Å². The molecule has 2 bridgehead atoms. The van der Waals surface area contributed by atoms with Gasteiger partial charge in [0.2, 0.25) is 0 Å². The molecule has 1 aromatic carbocycles. The minimum Gasteiger partial charge on any atom is -0.356 e. The summed E-state index contributed by atoms with van der Waals surface area (Å²) in [6.45, 7) is 3.13. The SMILES string of the molecule is Cc1cc(N(C)C2CC3CCC(C2)N3Cc2ccccc2)ncn1. The lowest BCUT2D eigenvalue weighted by Gasteiger charge is -2.42. The van der Waals surface area contributed by atoms with Crippen LogP contribution in [0.25, 0.3) is 0 Å².